The summed E-state index contributed by atoms with van der Waals surface area (Å²) in [6.07, 6.45) is 0.0512. The van der Waals surface area contributed by atoms with Crippen LogP contribution in [-0.4, -0.2) is 45.9 Å². The molecule has 7 heteroatoms. The number of nitrogens with zero attached hydrogens (tertiary/aromatic N) is 1. The van der Waals surface area contributed by atoms with Crippen molar-refractivity contribution in [3.63, 3.8) is 0 Å². The zero-order chi connectivity index (χ0) is 12.8. The van der Waals surface area contributed by atoms with E-state index in [9.17, 15) is 13.2 Å². The molecule has 0 aliphatic carbocycles. The topological polar surface area (TPSA) is 75.7 Å². The number of rotatable bonds is 7. The molecule has 0 aliphatic heterocycles. The van der Waals surface area contributed by atoms with Gasteiger partial charge in [0.25, 0.3) is 10.2 Å². The Morgan fingerprint density at radius 1 is 1.44 bits per heavy atom. The Hall–Kier alpha value is -0.660. The Morgan fingerprint density at radius 3 is 2.44 bits per heavy atom. The zero-order valence-electron chi connectivity index (χ0n) is 10.2. The van der Waals surface area contributed by atoms with Crippen molar-refractivity contribution in [2.24, 2.45) is 5.92 Å². The molecule has 0 aromatic carbocycles. The van der Waals surface area contributed by atoms with Gasteiger partial charge in [0.05, 0.1) is 13.5 Å². The molecule has 0 atom stereocenters. The fourth-order valence-corrected chi connectivity index (χ4v) is 1.95. The van der Waals surface area contributed by atoms with Crippen molar-refractivity contribution in [2.75, 3.05) is 27.2 Å². The van der Waals surface area contributed by atoms with Crippen molar-refractivity contribution in [1.82, 2.24) is 9.03 Å². The molecule has 6 nitrogen and oxygen atoms in total. The summed E-state index contributed by atoms with van der Waals surface area (Å²) in [5.41, 5.74) is 0. The molecule has 1 N–H and O–H groups in total. The van der Waals surface area contributed by atoms with E-state index in [4.69, 9.17) is 0 Å². The molecule has 0 spiro atoms. The first-order valence-corrected chi connectivity index (χ1v) is 6.51. The molecule has 0 aromatic heterocycles. The van der Waals surface area contributed by atoms with Crippen LogP contribution in [0.25, 0.3) is 0 Å². The number of hydrogen-bond donors (Lipinski definition) is 1. The molecule has 0 heterocycles. The van der Waals surface area contributed by atoms with E-state index in [0.29, 0.717) is 6.54 Å². The average molecular weight is 252 g/mol. The van der Waals surface area contributed by atoms with Crippen molar-refractivity contribution >= 4 is 16.2 Å². The SMILES string of the molecule is COC(=O)CCN(C)S(=O)(=O)NCC(C)C. The van der Waals surface area contributed by atoms with Gasteiger partial charge < -0.3 is 4.74 Å². The number of methoxy groups -OCH3 is 1. The smallest absolute Gasteiger partial charge is 0.306 e. The maximum atomic E-state index is 11.6. The van der Waals surface area contributed by atoms with Crippen molar-refractivity contribution in [3.8, 4) is 0 Å². The van der Waals surface area contributed by atoms with Gasteiger partial charge in [0, 0.05) is 20.1 Å². The predicted octanol–water partition coefficient (Wildman–Crippen LogP) is -0.0283. The quantitative estimate of drug-likeness (QED) is 0.646. The molecule has 0 unspecified atom stereocenters. The summed E-state index contributed by atoms with van der Waals surface area (Å²) in [6.45, 7) is 4.32. The highest BCUT2D eigenvalue weighted by molar-refractivity contribution is 7.87. The highest BCUT2D eigenvalue weighted by Gasteiger charge is 2.18. The van der Waals surface area contributed by atoms with Crippen molar-refractivity contribution in [3.05, 3.63) is 0 Å². The lowest BCUT2D eigenvalue weighted by molar-refractivity contribution is -0.140. The van der Waals surface area contributed by atoms with Gasteiger partial charge in [-0.3, -0.25) is 4.79 Å². The Morgan fingerprint density at radius 2 is 2.00 bits per heavy atom. The zero-order valence-corrected chi connectivity index (χ0v) is 11.0. The van der Waals surface area contributed by atoms with Crippen LogP contribution in [0.5, 0.6) is 0 Å². The highest BCUT2D eigenvalue weighted by atomic mass is 32.2. The van der Waals surface area contributed by atoms with Crippen LogP contribution < -0.4 is 4.72 Å². The van der Waals surface area contributed by atoms with Gasteiger partial charge in [0.1, 0.15) is 0 Å². The Labute approximate surface area is 97.1 Å². The first kappa shape index (κ1) is 15.3. The van der Waals surface area contributed by atoms with E-state index < -0.39 is 16.2 Å². The van der Waals surface area contributed by atoms with Gasteiger partial charge in [-0.05, 0) is 5.92 Å². The number of carbonyl (C=O) groups excluding carboxylic acids is 1. The lowest BCUT2D eigenvalue weighted by Gasteiger charge is -2.17. The molecular formula is C9H20N2O4S. The fourth-order valence-electron chi connectivity index (χ4n) is 0.853. The summed E-state index contributed by atoms with van der Waals surface area (Å²) in [5.74, 6) is -0.185. The van der Waals surface area contributed by atoms with Crippen LogP contribution in [0, 0.1) is 5.92 Å². The second-order valence-electron chi connectivity index (χ2n) is 3.90. The molecule has 0 bridgehead atoms. The highest BCUT2D eigenvalue weighted by Crippen LogP contribution is 1.98. The normalized spacial score (nSPS) is 12.1. The van der Waals surface area contributed by atoms with E-state index >= 15 is 0 Å². The molecule has 0 fully saturated rings. The minimum atomic E-state index is -3.48. The van der Waals surface area contributed by atoms with Crippen LogP contribution in [0.4, 0.5) is 0 Å². The Bertz CT molecular complexity index is 313. The number of esters is 1. The monoisotopic (exact) mass is 252 g/mol. The molecule has 0 rings (SSSR count). The van der Waals surface area contributed by atoms with Crippen LogP contribution in [-0.2, 0) is 19.7 Å². The van der Waals surface area contributed by atoms with E-state index in [1.807, 2.05) is 13.8 Å². The second-order valence-corrected chi connectivity index (χ2v) is 5.76. The van der Waals surface area contributed by atoms with Crippen LogP contribution in [0.2, 0.25) is 0 Å². The van der Waals surface area contributed by atoms with Crippen LogP contribution in [0.1, 0.15) is 20.3 Å². The van der Waals surface area contributed by atoms with Gasteiger partial charge >= 0.3 is 5.97 Å². The van der Waals surface area contributed by atoms with Crippen molar-refractivity contribution in [2.45, 2.75) is 20.3 Å². The average Bonchev–Trinajstić information content (AvgIpc) is 2.22. The molecule has 0 aliphatic rings. The van der Waals surface area contributed by atoms with Crippen LogP contribution >= 0.6 is 0 Å². The molecule has 0 saturated carbocycles. The molecule has 16 heavy (non-hydrogen) atoms. The summed E-state index contributed by atoms with van der Waals surface area (Å²) in [7, 11) is -0.790. The maximum absolute atomic E-state index is 11.6. The summed E-state index contributed by atoms with van der Waals surface area (Å²) < 4.78 is 31.2. The van der Waals surface area contributed by atoms with Gasteiger partial charge in [-0.25, -0.2) is 4.72 Å². The fraction of sp³-hybridized carbons (Fsp3) is 0.889. The predicted molar refractivity (Wildman–Crippen MR) is 61.0 cm³/mol. The van der Waals surface area contributed by atoms with Gasteiger partial charge in [0.15, 0.2) is 0 Å². The third kappa shape index (κ3) is 6.04. The van der Waals surface area contributed by atoms with Crippen LogP contribution in [0.3, 0.4) is 0 Å². The minimum Gasteiger partial charge on any atom is -0.469 e. The van der Waals surface area contributed by atoms with E-state index in [2.05, 4.69) is 9.46 Å². The van der Waals surface area contributed by atoms with Crippen molar-refractivity contribution < 1.29 is 17.9 Å². The summed E-state index contributed by atoms with van der Waals surface area (Å²) >= 11 is 0. The van der Waals surface area contributed by atoms with Gasteiger partial charge in [-0.1, -0.05) is 13.8 Å². The Balaban J connectivity index is 4.14. The Kier molecular flexibility index (Phi) is 6.54. The summed E-state index contributed by atoms with van der Waals surface area (Å²) in [5, 5.41) is 0. The maximum Gasteiger partial charge on any atom is 0.306 e. The molecule has 0 amide bonds. The molecule has 0 radical (unpaired) electrons. The molecule has 0 saturated heterocycles. The molecule has 0 aromatic rings. The lowest BCUT2D eigenvalue weighted by atomic mass is 10.2. The summed E-state index contributed by atoms with van der Waals surface area (Å²) in [6, 6.07) is 0. The van der Waals surface area contributed by atoms with E-state index in [1.54, 1.807) is 0 Å². The molecular weight excluding hydrogens is 232 g/mol. The lowest BCUT2D eigenvalue weighted by Crippen LogP contribution is -2.40. The molecule has 96 valence electrons. The third-order valence-corrected chi connectivity index (χ3v) is 3.48. The first-order chi connectivity index (χ1) is 7.29. The van der Waals surface area contributed by atoms with E-state index in [0.717, 1.165) is 4.31 Å². The van der Waals surface area contributed by atoms with Gasteiger partial charge in [-0.2, -0.15) is 12.7 Å². The number of carbonyl (C=O) groups is 1. The van der Waals surface area contributed by atoms with Gasteiger partial charge in [0.2, 0.25) is 0 Å². The van der Waals surface area contributed by atoms with Gasteiger partial charge in [-0.15, -0.1) is 0 Å². The number of hydrogen-bond acceptors (Lipinski definition) is 4. The minimum absolute atomic E-state index is 0.0512. The van der Waals surface area contributed by atoms with E-state index in [-0.39, 0.29) is 18.9 Å². The summed E-state index contributed by atoms with van der Waals surface area (Å²) in [4.78, 5) is 10.8. The number of nitrogens with one attached hydrogen (secondary N) is 1. The standard InChI is InChI=1S/C9H20N2O4S/c1-8(2)7-10-16(13,14)11(3)6-5-9(12)15-4/h8,10H,5-7H2,1-4H3. The third-order valence-electron chi connectivity index (χ3n) is 1.94. The van der Waals surface area contributed by atoms with E-state index in [1.165, 1.54) is 14.2 Å². The van der Waals surface area contributed by atoms with Crippen molar-refractivity contribution in [1.29, 1.82) is 0 Å². The number of ether oxygens (including phenoxy) is 1. The largest absolute Gasteiger partial charge is 0.469 e. The van der Waals surface area contributed by atoms with Crippen LogP contribution in [0.15, 0.2) is 0 Å². The first-order valence-electron chi connectivity index (χ1n) is 5.07. The second kappa shape index (κ2) is 6.82.